The minimum atomic E-state index is -0.267. The highest BCUT2D eigenvalue weighted by Gasteiger charge is 2.00. The van der Waals surface area contributed by atoms with Gasteiger partial charge in [0, 0.05) is 12.8 Å². The molecule has 0 saturated heterocycles. The third-order valence-corrected chi connectivity index (χ3v) is 1.50. The molecule has 3 heteroatoms. The molecule has 0 saturated carbocycles. The van der Waals surface area contributed by atoms with Gasteiger partial charge in [-0.25, -0.2) is 0 Å². The zero-order chi connectivity index (χ0) is 8.85. The van der Waals surface area contributed by atoms with Gasteiger partial charge in [-0.3, -0.25) is 4.79 Å². The summed E-state index contributed by atoms with van der Waals surface area (Å²) in [6.07, 6.45) is 1.65. The Morgan fingerprint density at radius 3 is 2.55 bits per heavy atom. The molecule has 0 N–H and O–H groups in total. The van der Waals surface area contributed by atoms with Gasteiger partial charge < -0.3 is 4.74 Å². The lowest BCUT2D eigenvalue weighted by Crippen LogP contribution is -2.09. The van der Waals surface area contributed by atoms with Crippen molar-refractivity contribution in [1.82, 2.24) is 0 Å². The number of rotatable bonds is 3. The monoisotopic (exact) mass is 176 g/mol. The van der Waals surface area contributed by atoms with Gasteiger partial charge in [0.1, 0.15) is 6.10 Å². The molecule has 0 aromatic heterocycles. The average molecular weight is 177 g/mol. The van der Waals surface area contributed by atoms with E-state index in [1.165, 1.54) is 6.92 Å². The lowest BCUT2D eigenvalue weighted by Gasteiger charge is -2.07. The second-order valence-electron chi connectivity index (χ2n) is 2.46. The average Bonchev–Trinajstić information content (AvgIpc) is 1.85. The predicted molar refractivity (Wildman–Crippen MR) is 45.7 cm³/mol. The smallest absolute Gasteiger partial charge is 0.303 e. The molecule has 0 rings (SSSR count). The summed E-state index contributed by atoms with van der Waals surface area (Å²) in [4.78, 5) is 10.4. The number of hydrogen-bond donors (Lipinski definition) is 0. The Labute approximate surface area is 72.2 Å². The van der Waals surface area contributed by atoms with E-state index in [0.717, 1.165) is 5.57 Å². The maximum Gasteiger partial charge on any atom is 0.303 e. The number of carbonyl (C=O) groups is 1. The first kappa shape index (κ1) is 10.5. The first-order valence-electron chi connectivity index (χ1n) is 3.46. The highest BCUT2D eigenvalue weighted by molar-refractivity contribution is 6.19. The number of carbonyl (C=O) groups excluding carboxylic acids is 1. The van der Waals surface area contributed by atoms with Crippen LogP contribution in [0.3, 0.4) is 0 Å². The Morgan fingerprint density at radius 1 is 1.64 bits per heavy atom. The molecule has 0 heterocycles. The molecule has 0 fully saturated rings. The number of halogens is 1. The molecule has 0 aliphatic carbocycles. The minimum absolute atomic E-state index is 0.175. The minimum Gasteiger partial charge on any atom is -0.459 e. The number of alkyl halides is 1. The van der Waals surface area contributed by atoms with E-state index in [1.807, 2.05) is 13.0 Å². The van der Waals surface area contributed by atoms with E-state index >= 15 is 0 Å². The lowest BCUT2D eigenvalue weighted by molar-refractivity contribution is -0.143. The molecule has 0 aliphatic rings. The summed E-state index contributed by atoms with van der Waals surface area (Å²) in [5, 5.41) is 0. The van der Waals surface area contributed by atoms with Crippen molar-refractivity contribution in [3.05, 3.63) is 11.6 Å². The summed E-state index contributed by atoms with van der Waals surface area (Å²) in [6, 6.07) is 0. The van der Waals surface area contributed by atoms with Gasteiger partial charge in [0.2, 0.25) is 0 Å². The number of hydrogen-bond acceptors (Lipinski definition) is 2. The van der Waals surface area contributed by atoms with E-state index in [9.17, 15) is 4.79 Å². The summed E-state index contributed by atoms with van der Waals surface area (Å²) >= 11 is 5.52. The highest BCUT2D eigenvalue weighted by Crippen LogP contribution is 2.01. The Balaban J connectivity index is 3.85. The van der Waals surface area contributed by atoms with E-state index in [0.29, 0.717) is 5.88 Å². The Kier molecular flexibility index (Phi) is 4.95. The van der Waals surface area contributed by atoms with Crippen LogP contribution < -0.4 is 0 Å². The zero-order valence-electron chi connectivity index (χ0n) is 7.06. The lowest BCUT2D eigenvalue weighted by atomic mass is 10.2. The van der Waals surface area contributed by atoms with Crippen LogP contribution in [0, 0.1) is 0 Å². The van der Waals surface area contributed by atoms with Crippen LogP contribution in [0.2, 0.25) is 0 Å². The van der Waals surface area contributed by atoms with E-state index in [1.54, 1.807) is 6.92 Å². The molecule has 0 amide bonds. The van der Waals surface area contributed by atoms with E-state index in [4.69, 9.17) is 16.3 Å². The van der Waals surface area contributed by atoms with E-state index in [2.05, 4.69) is 0 Å². The van der Waals surface area contributed by atoms with E-state index in [-0.39, 0.29) is 12.1 Å². The van der Waals surface area contributed by atoms with Crippen LogP contribution in [0.15, 0.2) is 11.6 Å². The van der Waals surface area contributed by atoms with Gasteiger partial charge >= 0.3 is 5.97 Å². The number of esters is 1. The SMILES string of the molecule is CC(=O)OC(C)/C=C(/C)CCl. The van der Waals surface area contributed by atoms with Gasteiger partial charge in [-0.05, 0) is 19.9 Å². The van der Waals surface area contributed by atoms with Gasteiger partial charge in [-0.15, -0.1) is 11.6 Å². The molecular weight excluding hydrogens is 164 g/mol. The van der Waals surface area contributed by atoms with Crippen LogP contribution in [0.1, 0.15) is 20.8 Å². The normalized spacial score (nSPS) is 14.4. The zero-order valence-corrected chi connectivity index (χ0v) is 7.81. The van der Waals surface area contributed by atoms with Gasteiger partial charge in [0.05, 0.1) is 0 Å². The van der Waals surface area contributed by atoms with Crippen LogP contribution in [0.5, 0.6) is 0 Å². The van der Waals surface area contributed by atoms with Crippen molar-refractivity contribution in [3.8, 4) is 0 Å². The fourth-order valence-electron chi connectivity index (χ4n) is 0.741. The third kappa shape index (κ3) is 5.92. The number of allylic oxidation sites excluding steroid dienone is 1. The highest BCUT2D eigenvalue weighted by atomic mass is 35.5. The van der Waals surface area contributed by atoms with Crippen molar-refractivity contribution in [2.45, 2.75) is 26.9 Å². The second-order valence-corrected chi connectivity index (χ2v) is 2.73. The van der Waals surface area contributed by atoms with Gasteiger partial charge in [-0.1, -0.05) is 5.57 Å². The standard InChI is InChI=1S/C8H13ClO2/c1-6(5-9)4-7(2)11-8(3)10/h4,7H,5H2,1-3H3/b6-4-. The molecule has 0 spiro atoms. The molecule has 0 bridgehead atoms. The van der Waals surface area contributed by atoms with Crippen molar-refractivity contribution in [3.63, 3.8) is 0 Å². The van der Waals surface area contributed by atoms with Crippen LogP contribution >= 0.6 is 11.6 Å². The summed E-state index contributed by atoms with van der Waals surface area (Å²) in [5.74, 6) is 0.210. The molecule has 64 valence electrons. The van der Waals surface area contributed by atoms with Crippen molar-refractivity contribution < 1.29 is 9.53 Å². The maximum absolute atomic E-state index is 10.4. The Hall–Kier alpha value is -0.500. The molecule has 1 unspecified atom stereocenters. The van der Waals surface area contributed by atoms with Crippen LogP contribution in [0.25, 0.3) is 0 Å². The maximum atomic E-state index is 10.4. The van der Waals surface area contributed by atoms with Crippen molar-refractivity contribution in [2.24, 2.45) is 0 Å². The van der Waals surface area contributed by atoms with Crippen LogP contribution in [-0.2, 0) is 9.53 Å². The van der Waals surface area contributed by atoms with Crippen molar-refractivity contribution >= 4 is 17.6 Å². The predicted octanol–water partition coefficient (Wildman–Crippen LogP) is 2.12. The largest absolute Gasteiger partial charge is 0.459 e. The fourth-order valence-corrected chi connectivity index (χ4v) is 0.830. The third-order valence-electron chi connectivity index (χ3n) is 1.08. The first-order chi connectivity index (χ1) is 5.06. The topological polar surface area (TPSA) is 26.3 Å². The molecule has 0 radical (unpaired) electrons. The van der Waals surface area contributed by atoms with Gasteiger partial charge in [0.15, 0.2) is 0 Å². The molecule has 0 aromatic rings. The Morgan fingerprint density at radius 2 is 2.18 bits per heavy atom. The molecule has 2 nitrogen and oxygen atoms in total. The van der Waals surface area contributed by atoms with Crippen molar-refractivity contribution in [2.75, 3.05) is 5.88 Å². The molecular formula is C8H13ClO2. The second kappa shape index (κ2) is 5.19. The molecule has 11 heavy (non-hydrogen) atoms. The summed E-state index contributed by atoms with van der Waals surface area (Å²) in [5.41, 5.74) is 1.01. The number of ether oxygens (including phenoxy) is 1. The molecule has 1 atom stereocenters. The van der Waals surface area contributed by atoms with Crippen molar-refractivity contribution in [1.29, 1.82) is 0 Å². The molecule has 0 aliphatic heterocycles. The van der Waals surface area contributed by atoms with E-state index < -0.39 is 0 Å². The molecule has 0 aromatic carbocycles. The summed E-state index contributed by atoms with van der Waals surface area (Å²) < 4.78 is 4.85. The Bertz CT molecular complexity index is 163. The summed E-state index contributed by atoms with van der Waals surface area (Å²) in [7, 11) is 0. The first-order valence-corrected chi connectivity index (χ1v) is 4.00. The van der Waals surface area contributed by atoms with Gasteiger partial charge in [0.25, 0.3) is 0 Å². The summed E-state index contributed by atoms with van der Waals surface area (Å²) in [6.45, 7) is 5.09. The quantitative estimate of drug-likeness (QED) is 0.374. The van der Waals surface area contributed by atoms with Crippen LogP contribution in [-0.4, -0.2) is 18.0 Å². The van der Waals surface area contributed by atoms with Gasteiger partial charge in [-0.2, -0.15) is 0 Å². The fraction of sp³-hybridized carbons (Fsp3) is 0.625. The van der Waals surface area contributed by atoms with Crippen LogP contribution in [0.4, 0.5) is 0 Å².